The number of hydrogen-bond acceptors (Lipinski definition) is 3. The zero-order valence-corrected chi connectivity index (χ0v) is 12.4. The zero-order chi connectivity index (χ0) is 13.8. The Labute approximate surface area is 121 Å². The van der Waals surface area contributed by atoms with Crippen molar-refractivity contribution in [3.63, 3.8) is 0 Å². The minimum Gasteiger partial charge on any atom is -0.492 e. The Morgan fingerprint density at radius 1 is 1.30 bits per heavy atom. The number of hydrogen-bond donors (Lipinski definition) is 1. The van der Waals surface area contributed by atoms with Crippen molar-refractivity contribution in [3.8, 4) is 5.75 Å². The van der Waals surface area contributed by atoms with E-state index in [-0.39, 0.29) is 5.60 Å². The summed E-state index contributed by atoms with van der Waals surface area (Å²) in [4.78, 5) is 0. The number of benzene rings is 1. The molecule has 1 aromatic rings. The van der Waals surface area contributed by atoms with Gasteiger partial charge >= 0.3 is 0 Å². The SMILES string of the molecule is CCOc1ccccc1NC1CCOC2(CCCC2)C1. The van der Waals surface area contributed by atoms with Gasteiger partial charge < -0.3 is 14.8 Å². The van der Waals surface area contributed by atoms with E-state index in [1.54, 1.807) is 0 Å². The van der Waals surface area contributed by atoms with Gasteiger partial charge in [0.15, 0.2) is 0 Å². The predicted molar refractivity (Wildman–Crippen MR) is 81.4 cm³/mol. The van der Waals surface area contributed by atoms with Crippen molar-refractivity contribution in [3.05, 3.63) is 24.3 Å². The van der Waals surface area contributed by atoms with Crippen LogP contribution in [-0.4, -0.2) is 24.9 Å². The number of nitrogens with one attached hydrogen (secondary N) is 1. The molecular formula is C17H25NO2. The lowest BCUT2D eigenvalue weighted by molar-refractivity contribution is -0.0767. The zero-order valence-electron chi connectivity index (χ0n) is 12.4. The molecule has 0 radical (unpaired) electrons. The topological polar surface area (TPSA) is 30.5 Å². The van der Waals surface area contributed by atoms with Crippen LogP contribution in [-0.2, 0) is 4.74 Å². The molecule has 1 aliphatic heterocycles. The second-order valence-corrected chi connectivity index (χ2v) is 6.00. The Bertz CT molecular complexity index is 440. The average Bonchev–Trinajstić information content (AvgIpc) is 2.89. The Balaban J connectivity index is 1.68. The summed E-state index contributed by atoms with van der Waals surface area (Å²) in [5.74, 6) is 0.960. The molecule has 2 aliphatic rings. The number of anilines is 1. The fourth-order valence-corrected chi connectivity index (χ4v) is 3.61. The maximum Gasteiger partial charge on any atom is 0.142 e. The molecule has 1 aliphatic carbocycles. The standard InChI is InChI=1S/C17H25NO2/c1-2-19-16-8-4-3-7-15(16)18-14-9-12-20-17(13-14)10-5-6-11-17/h3-4,7-8,14,18H,2,5-6,9-13H2,1H3. The van der Waals surface area contributed by atoms with Crippen molar-refractivity contribution in [2.24, 2.45) is 0 Å². The van der Waals surface area contributed by atoms with E-state index in [9.17, 15) is 0 Å². The molecule has 1 atom stereocenters. The van der Waals surface area contributed by atoms with Gasteiger partial charge in [-0.3, -0.25) is 0 Å². The maximum absolute atomic E-state index is 6.10. The van der Waals surface area contributed by atoms with E-state index < -0.39 is 0 Å². The highest BCUT2D eigenvalue weighted by atomic mass is 16.5. The normalized spacial score (nSPS) is 24.8. The maximum atomic E-state index is 6.10. The van der Waals surface area contributed by atoms with E-state index in [2.05, 4.69) is 17.4 Å². The molecule has 1 unspecified atom stereocenters. The van der Waals surface area contributed by atoms with Gasteiger partial charge in [0.05, 0.1) is 17.9 Å². The summed E-state index contributed by atoms with van der Waals surface area (Å²) in [6.45, 7) is 3.61. The minimum absolute atomic E-state index is 0.163. The van der Waals surface area contributed by atoms with Gasteiger partial charge in [-0.05, 0) is 44.7 Å². The van der Waals surface area contributed by atoms with Crippen LogP contribution in [0.3, 0.4) is 0 Å². The molecule has 2 fully saturated rings. The van der Waals surface area contributed by atoms with E-state index in [0.717, 1.165) is 30.9 Å². The summed E-state index contributed by atoms with van der Waals surface area (Å²) >= 11 is 0. The van der Waals surface area contributed by atoms with Crippen LogP contribution in [0.2, 0.25) is 0 Å². The third kappa shape index (κ3) is 2.93. The second-order valence-electron chi connectivity index (χ2n) is 6.00. The molecule has 1 aromatic carbocycles. The van der Waals surface area contributed by atoms with Crippen molar-refractivity contribution in [2.45, 2.75) is 57.1 Å². The third-order valence-corrected chi connectivity index (χ3v) is 4.55. The molecule has 3 nitrogen and oxygen atoms in total. The summed E-state index contributed by atoms with van der Waals surface area (Å²) < 4.78 is 11.8. The van der Waals surface area contributed by atoms with E-state index >= 15 is 0 Å². The summed E-state index contributed by atoms with van der Waals surface area (Å²) in [7, 11) is 0. The molecule has 1 spiro atoms. The van der Waals surface area contributed by atoms with Crippen LogP contribution >= 0.6 is 0 Å². The van der Waals surface area contributed by atoms with Crippen molar-refractivity contribution in [1.82, 2.24) is 0 Å². The summed E-state index contributed by atoms with van der Waals surface area (Å²) in [5, 5.41) is 3.68. The Kier molecular flexibility index (Phi) is 4.16. The van der Waals surface area contributed by atoms with Crippen LogP contribution in [0.1, 0.15) is 45.4 Å². The van der Waals surface area contributed by atoms with Crippen molar-refractivity contribution < 1.29 is 9.47 Å². The molecule has 0 aromatic heterocycles. The molecule has 3 rings (SSSR count). The van der Waals surface area contributed by atoms with Gasteiger partial charge in [0, 0.05) is 12.6 Å². The molecule has 0 amide bonds. The van der Waals surface area contributed by atoms with E-state index in [4.69, 9.17) is 9.47 Å². The molecule has 1 heterocycles. The molecule has 1 saturated heterocycles. The van der Waals surface area contributed by atoms with Gasteiger partial charge in [-0.15, -0.1) is 0 Å². The van der Waals surface area contributed by atoms with Gasteiger partial charge in [0.25, 0.3) is 0 Å². The molecule has 3 heteroatoms. The number of ether oxygens (including phenoxy) is 2. The number of para-hydroxylation sites is 2. The van der Waals surface area contributed by atoms with Crippen LogP contribution in [0.5, 0.6) is 5.75 Å². The van der Waals surface area contributed by atoms with Crippen LogP contribution in [0, 0.1) is 0 Å². The van der Waals surface area contributed by atoms with Gasteiger partial charge in [0.1, 0.15) is 5.75 Å². The largest absolute Gasteiger partial charge is 0.492 e. The lowest BCUT2D eigenvalue weighted by Crippen LogP contribution is -2.42. The molecule has 0 bridgehead atoms. The highest BCUT2D eigenvalue weighted by Crippen LogP contribution is 2.41. The van der Waals surface area contributed by atoms with Crippen molar-refractivity contribution >= 4 is 5.69 Å². The number of rotatable bonds is 4. The van der Waals surface area contributed by atoms with Gasteiger partial charge in [-0.25, -0.2) is 0 Å². The monoisotopic (exact) mass is 275 g/mol. The smallest absolute Gasteiger partial charge is 0.142 e. The summed E-state index contributed by atoms with van der Waals surface area (Å²) in [6.07, 6.45) is 7.33. The van der Waals surface area contributed by atoms with Gasteiger partial charge in [-0.2, -0.15) is 0 Å². The first-order valence-corrected chi connectivity index (χ1v) is 7.94. The first-order chi connectivity index (χ1) is 9.81. The lowest BCUT2D eigenvalue weighted by Gasteiger charge is -2.39. The van der Waals surface area contributed by atoms with Gasteiger partial charge in [-0.1, -0.05) is 25.0 Å². The molecule has 20 heavy (non-hydrogen) atoms. The fourth-order valence-electron chi connectivity index (χ4n) is 3.61. The molecule has 1 saturated carbocycles. The van der Waals surface area contributed by atoms with Crippen LogP contribution in [0.4, 0.5) is 5.69 Å². The van der Waals surface area contributed by atoms with Crippen LogP contribution < -0.4 is 10.1 Å². The van der Waals surface area contributed by atoms with Gasteiger partial charge in [0.2, 0.25) is 0 Å². The third-order valence-electron chi connectivity index (χ3n) is 4.55. The Morgan fingerprint density at radius 3 is 2.90 bits per heavy atom. The Morgan fingerprint density at radius 2 is 2.10 bits per heavy atom. The first kappa shape index (κ1) is 13.7. The average molecular weight is 275 g/mol. The van der Waals surface area contributed by atoms with E-state index in [1.165, 1.54) is 25.7 Å². The molecular weight excluding hydrogens is 250 g/mol. The van der Waals surface area contributed by atoms with Crippen LogP contribution in [0.15, 0.2) is 24.3 Å². The van der Waals surface area contributed by atoms with E-state index in [0.29, 0.717) is 12.6 Å². The highest BCUT2D eigenvalue weighted by molar-refractivity contribution is 5.56. The second kappa shape index (κ2) is 6.04. The van der Waals surface area contributed by atoms with Crippen molar-refractivity contribution in [1.29, 1.82) is 0 Å². The summed E-state index contributed by atoms with van der Waals surface area (Å²) in [5.41, 5.74) is 1.28. The highest BCUT2D eigenvalue weighted by Gasteiger charge is 2.39. The first-order valence-electron chi connectivity index (χ1n) is 7.94. The van der Waals surface area contributed by atoms with Crippen LogP contribution in [0.25, 0.3) is 0 Å². The quantitative estimate of drug-likeness (QED) is 0.901. The Hall–Kier alpha value is -1.22. The minimum atomic E-state index is 0.163. The van der Waals surface area contributed by atoms with E-state index in [1.807, 2.05) is 19.1 Å². The predicted octanol–water partition coefficient (Wildman–Crippen LogP) is 3.99. The lowest BCUT2D eigenvalue weighted by atomic mass is 9.89. The van der Waals surface area contributed by atoms with Crippen molar-refractivity contribution in [2.75, 3.05) is 18.5 Å². The molecule has 1 N–H and O–H groups in total. The fraction of sp³-hybridized carbons (Fsp3) is 0.647. The summed E-state index contributed by atoms with van der Waals surface area (Å²) in [6, 6.07) is 8.75. The molecule has 110 valence electrons.